The molecule has 1 aliphatic rings. The maximum absolute atomic E-state index is 13.3. The standard InChI is InChI=1S/C14H16F2O2/c15-12-8-4-7-11(13(12)16)14(17)18-9-10-5-2-1-3-6-10/h4,7-8,10H,1-3,5-6,9H2. The molecule has 0 heterocycles. The van der Waals surface area contributed by atoms with E-state index in [-0.39, 0.29) is 5.56 Å². The van der Waals surface area contributed by atoms with E-state index in [1.54, 1.807) is 0 Å². The summed E-state index contributed by atoms with van der Waals surface area (Å²) in [7, 11) is 0. The lowest BCUT2D eigenvalue weighted by Crippen LogP contribution is -2.17. The Labute approximate surface area is 105 Å². The Morgan fingerprint density at radius 2 is 1.94 bits per heavy atom. The van der Waals surface area contributed by atoms with Gasteiger partial charge < -0.3 is 4.74 Å². The number of benzene rings is 1. The Morgan fingerprint density at radius 3 is 2.67 bits per heavy atom. The molecule has 1 aromatic carbocycles. The minimum atomic E-state index is -1.13. The second-order valence-electron chi connectivity index (χ2n) is 4.70. The third kappa shape index (κ3) is 3.06. The third-order valence-electron chi connectivity index (χ3n) is 3.35. The molecule has 0 saturated heterocycles. The van der Waals surface area contributed by atoms with E-state index in [1.165, 1.54) is 18.6 Å². The highest BCUT2D eigenvalue weighted by atomic mass is 19.2. The number of carbonyl (C=O) groups excluding carboxylic acids is 1. The lowest BCUT2D eigenvalue weighted by Gasteiger charge is -2.21. The third-order valence-corrected chi connectivity index (χ3v) is 3.35. The molecule has 0 N–H and O–H groups in total. The summed E-state index contributed by atoms with van der Waals surface area (Å²) in [5, 5.41) is 0. The molecular weight excluding hydrogens is 238 g/mol. The summed E-state index contributed by atoms with van der Waals surface area (Å²) in [6, 6.07) is 3.52. The van der Waals surface area contributed by atoms with Crippen LogP contribution in [0.1, 0.15) is 42.5 Å². The first kappa shape index (κ1) is 13.0. The number of rotatable bonds is 3. The van der Waals surface area contributed by atoms with Gasteiger partial charge in [-0.3, -0.25) is 0 Å². The molecule has 1 fully saturated rings. The maximum atomic E-state index is 13.3. The van der Waals surface area contributed by atoms with E-state index in [2.05, 4.69) is 0 Å². The SMILES string of the molecule is O=C(OCC1CCCCC1)c1cccc(F)c1F. The van der Waals surface area contributed by atoms with Crippen LogP contribution in [0.5, 0.6) is 0 Å². The highest BCUT2D eigenvalue weighted by Crippen LogP contribution is 2.24. The zero-order chi connectivity index (χ0) is 13.0. The second-order valence-corrected chi connectivity index (χ2v) is 4.70. The molecule has 1 aromatic rings. The van der Waals surface area contributed by atoms with Gasteiger partial charge in [0.1, 0.15) is 0 Å². The van der Waals surface area contributed by atoms with Gasteiger partial charge >= 0.3 is 5.97 Å². The largest absolute Gasteiger partial charge is 0.462 e. The molecule has 18 heavy (non-hydrogen) atoms. The molecule has 2 rings (SSSR count). The van der Waals surface area contributed by atoms with E-state index in [0.717, 1.165) is 31.7 Å². The van der Waals surface area contributed by atoms with Gasteiger partial charge in [0.2, 0.25) is 0 Å². The van der Waals surface area contributed by atoms with Crippen LogP contribution in [0, 0.1) is 17.6 Å². The van der Waals surface area contributed by atoms with Crippen LogP contribution in [0.4, 0.5) is 8.78 Å². The minimum absolute atomic E-state index is 0.300. The first-order valence-corrected chi connectivity index (χ1v) is 6.29. The smallest absolute Gasteiger partial charge is 0.341 e. The maximum Gasteiger partial charge on any atom is 0.341 e. The van der Waals surface area contributed by atoms with Crippen LogP contribution in [0.3, 0.4) is 0 Å². The van der Waals surface area contributed by atoms with E-state index < -0.39 is 17.6 Å². The summed E-state index contributed by atoms with van der Waals surface area (Å²) in [6.45, 7) is 0.300. The number of halogens is 2. The summed E-state index contributed by atoms with van der Waals surface area (Å²) in [5.41, 5.74) is -0.328. The molecule has 0 radical (unpaired) electrons. The first-order valence-electron chi connectivity index (χ1n) is 6.29. The van der Waals surface area contributed by atoms with E-state index in [1.807, 2.05) is 0 Å². The Balaban J connectivity index is 1.93. The average molecular weight is 254 g/mol. The van der Waals surface area contributed by atoms with Crippen molar-refractivity contribution in [3.63, 3.8) is 0 Å². The summed E-state index contributed by atoms with van der Waals surface area (Å²) >= 11 is 0. The molecule has 1 aliphatic carbocycles. The van der Waals surface area contributed by atoms with Gasteiger partial charge in [0.25, 0.3) is 0 Å². The van der Waals surface area contributed by atoms with Gasteiger partial charge in [0.15, 0.2) is 11.6 Å². The van der Waals surface area contributed by atoms with Crippen molar-refractivity contribution < 1.29 is 18.3 Å². The second kappa shape index (κ2) is 5.94. The first-order chi connectivity index (χ1) is 8.68. The van der Waals surface area contributed by atoms with Gasteiger partial charge in [-0.2, -0.15) is 0 Å². The van der Waals surface area contributed by atoms with Gasteiger partial charge in [-0.25, -0.2) is 13.6 Å². The topological polar surface area (TPSA) is 26.3 Å². The number of hydrogen-bond acceptors (Lipinski definition) is 2. The van der Waals surface area contributed by atoms with E-state index >= 15 is 0 Å². The molecule has 0 amide bonds. The number of ether oxygens (including phenoxy) is 1. The van der Waals surface area contributed by atoms with Gasteiger partial charge in [0, 0.05) is 0 Å². The van der Waals surface area contributed by atoms with Crippen molar-refractivity contribution in [2.24, 2.45) is 5.92 Å². The zero-order valence-electron chi connectivity index (χ0n) is 10.1. The van der Waals surface area contributed by atoms with E-state index in [9.17, 15) is 13.6 Å². The molecule has 0 aromatic heterocycles. The van der Waals surface area contributed by atoms with Crippen LogP contribution >= 0.6 is 0 Å². The minimum Gasteiger partial charge on any atom is -0.462 e. The number of carbonyl (C=O) groups is 1. The highest BCUT2D eigenvalue weighted by molar-refractivity contribution is 5.89. The quantitative estimate of drug-likeness (QED) is 0.769. The van der Waals surface area contributed by atoms with Crippen LogP contribution in [0.25, 0.3) is 0 Å². The van der Waals surface area contributed by atoms with Crippen LogP contribution in [0.2, 0.25) is 0 Å². The van der Waals surface area contributed by atoms with Gasteiger partial charge in [-0.15, -0.1) is 0 Å². The Hall–Kier alpha value is -1.45. The molecule has 0 bridgehead atoms. The Bertz CT molecular complexity index is 426. The van der Waals surface area contributed by atoms with Crippen molar-refractivity contribution >= 4 is 5.97 Å². The molecule has 1 saturated carbocycles. The average Bonchev–Trinajstić information content (AvgIpc) is 2.40. The Kier molecular flexibility index (Phi) is 4.28. The predicted octanol–water partition coefficient (Wildman–Crippen LogP) is 3.70. The molecule has 2 nitrogen and oxygen atoms in total. The van der Waals surface area contributed by atoms with Crippen LogP contribution in [0.15, 0.2) is 18.2 Å². The molecule has 4 heteroatoms. The summed E-state index contributed by atoms with van der Waals surface area (Å²) in [6.07, 6.45) is 5.61. The lowest BCUT2D eigenvalue weighted by molar-refractivity contribution is 0.0404. The highest BCUT2D eigenvalue weighted by Gasteiger charge is 2.19. The zero-order valence-corrected chi connectivity index (χ0v) is 10.1. The normalized spacial score (nSPS) is 16.6. The van der Waals surface area contributed by atoms with E-state index in [0.29, 0.717) is 12.5 Å². The van der Waals surface area contributed by atoms with Crippen molar-refractivity contribution in [2.75, 3.05) is 6.61 Å². The molecule has 0 unspecified atom stereocenters. The fourth-order valence-electron chi connectivity index (χ4n) is 2.29. The predicted molar refractivity (Wildman–Crippen MR) is 63.2 cm³/mol. The lowest BCUT2D eigenvalue weighted by atomic mass is 9.90. The molecule has 0 spiro atoms. The van der Waals surface area contributed by atoms with Crippen molar-refractivity contribution in [3.8, 4) is 0 Å². The monoisotopic (exact) mass is 254 g/mol. The Morgan fingerprint density at radius 1 is 1.22 bits per heavy atom. The van der Waals surface area contributed by atoms with Crippen LogP contribution < -0.4 is 0 Å². The fraction of sp³-hybridized carbons (Fsp3) is 0.500. The van der Waals surface area contributed by atoms with E-state index in [4.69, 9.17) is 4.74 Å². The molecule has 98 valence electrons. The van der Waals surface area contributed by atoms with Crippen LogP contribution in [-0.2, 0) is 4.74 Å². The summed E-state index contributed by atoms with van der Waals surface area (Å²) in [4.78, 5) is 11.6. The summed E-state index contributed by atoms with van der Waals surface area (Å²) in [5.74, 6) is -2.58. The number of esters is 1. The molecular formula is C14H16F2O2. The summed E-state index contributed by atoms with van der Waals surface area (Å²) < 4.78 is 31.4. The van der Waals surface area contributed by atoms with Gasteiger partial charge in [-0.1, -0.05) is 25.3 Å². The van der Waals surface area contributed by atoms with Crippen molar-refractivity contribution in [2.45, 2.75) is 32.1 Å². The van der Waals surface area contributed by atoms with Gasteiger partial charge in [0.05, 0.1) is 12.2 Å². The van der Waals surface area contributed by atoms with Gasteiger partial charge in [-0.05, 0) is 30.9 Å². The number of hydrogen-bond donors (Lipinski definition) is 0. The van der Waals surface area contributed by atoms with Crippen molar-refractivity contribution in [1.29, 1.82) is 0 Å². The fourth-order valence-corrected chi connectivity index (χ4v) is 2.29. The van der Waals surface area contributed by atoms with Crippen molar-refractivity contribution in [1.82, 2.24) is 0 Å². The molecule has 0 atom stereocenters. The van der Waals surface area contributed by atoms with Crippen molar-refractivity contribution in [3.05, 3.63) is 35.4 Å². The molecule has 0 aliphatic heterocycles. The van der Waals surface area contributed by atoms with Crippen LogP contribution in [-0.4, -0.2) is 12.6 Å².